The SMILES string of the molecule is CCCCC(=O)Nc1c2c(nn1-c1ccccc1)C[S@](=O)C2. The smallest absolute Gasteiger partial charge is 0.225 e. The topological polar surface area (TPSA) is 64.0 Å². The van der Waals surface area contributed by atoms with Crippen LogP contribution in [0.4, 0.5) is 5.82 Å². The maximum atomic E-state index is 12.1. The molecule has 1 aliphatic rings. The number of fused-ring (bicyclic) bond motifs is 1. The summed E-state index contributed by atoms with van der Waals surface area (Å²) in [5.41, 5.74) is 2.63. The number of nitrogens with one attached hydrogen (secondary N) is 1. The van der Waals surface area contributed by atoms with Crippen LogP contribution in [0, 0.1) is 0 Å². The first kappa shape index (κ1) is 15.0. The molecular formula is C16H19N3O2S. The van der Waals surface area contributed by atoms with E-state index >= 15 is 0 Å². The average molecular weight is 317 g/mol. The van der Waals surface area contributed by atoms with E-state index in [1.807, 2.05) is 30.3 Å². The lowest BCUT2D eigenvalue weighted by Gasteiger charge is -2.10. The van der Waals surface area contributed by atoms with Crippen molar-refractivity contribution in [1.29, 1.82) is 0 Å². The lowest BCUT2D eigenvalue weighted by molar-refractivity contribution is -0.116. The number of hydrogen-bond donors (Lipinski definition) is 1. The second kappa shape index (κ2) is 6.44. The molecule has 0 radical (unpaired) electrons. The molecular weight excluding hydrogens is 298 g/mol. The number of carbonyl (C=O) groups is 1. The van der Waals surface area contributed by atoms with Gasteiger partial charge in [0.25, 0.3) is 0 Å². The molecule has 1 atom stereocenters. The van der Waals surface area contributed by atoms with Gasteiger partial charge in [0.15, 0.2) is 0 Å². The monoisotopic (exact) mass is 317 g/mol. The fraction of sp³-hybridized carbons (Fsp3) is 0.375. The summed E-state index contributed by atoms with van der Waals surface area (Å²) in [7, 11) is -0.910. The highest BCUT2D eigenvalue weighted by Crippen LogP contribution is 2.31. The molecule has 5 nitrogen and oxygen atoms in total. The van der Waals surface area contributed by atoms with Gasteiger partial charge < -0.3 is 5.32 Å². The molecule has 0 aliphatic carbocycles. The van der Waals surface area contributed by atoms with E-state index in [-0.39, 0.29) is 5.91 Å². The molecule has 0 fully saturated rings. The highest BCUT2D eigenvalue weighted by Gasteiger charge is 2.28. The van der Waals surface area contributed by atoms with Gasteiger partial charge in [0.1, 0.15) is 5.82 Å². The van der Waals surface area contributed by atoms with E-state index in [9.17, 15) is 9.00 Å². The number of hydrogen-bond acceptors (Lipinski definition) is 3. The number of rotatable bonds is 5. The van der Waals surface area contributed by atoms with Crippen LogP contribution < -0.4 is 5.32 Å². The van der Waals surface area contributed by atoms with Gasteiger partial charge in [-0.25, -0.2) is 4.68 Å². The summed E-state index contributed by atoms with van der Waals surface area (Å²) < 4.78 is 13.5. The van der Waals surface area contributed by atoms with Crippen LogP contribution in [-0.2, 0) is 27.1 Å². The molecule has 0 bridgehead atoms. The van der Waals surface area contributed by atoms with Crippen LogP contribution in [0.1, 0.15) is 37.4 Å². The van der Waals surface area contributed by atoms with E-state index in [0.717, 1.165) is 29.8 Å². The number of carbonyl (C=O) groups excluding carboxylic acids is 1. The molecule has 0 saturated heterocycles. The van der Waals surface area contributed by atoms with Gasteiger partial charge in [-0.3, -0.25) is 9.00 Å². The molecule has 1 aliphatic heterocycles. The van der Waals surface area contributed by atoms with Gasteiger partial charge in [0, 0.05) is 22.8 Å². The van der Waals surface area contributed by atoms with Gasteiger partial charge in [-0.2, -0.15) is 5.10 Å². The van der Waals surface area contributed by atoms with Gasteiger partial charge >= 0.3 is 0 Å². The zero-order valence-electron chi connectivity index (χ0n) is 12.5. The first-order chi connectivity index (χ1) is 10.7. The second-order valence-electron chi connectivity index (χ2n) is 5.40. The molecule has 0 saturated carbocycles. The fourth-order valence-corrected chi connectivity index (χ4v) is 3.81. The maximum absolute atomic E-state index is 12.1. The van der Waals surface area contributed by atoms with Crippen molar-refractivity contribution in [1.82, 2.24) is 9.78 Å². The Morgan fingerprint density at radius 3 is 2.82 bits per heavy atom. The van der Waals surface area contributed by atoms with E-state index in [0.29, 0.717) is 23.7 Å². The molecule has 1 amide bonds. The van der Waals surface area contributed by atoms with Crippen molar-refractivity contribution < 1.29 is 9.00 Å². The van der Waals surface area contributed by atoms with Crippen LogP contribution in [0.2, 0.25) is 0 Å². The second-order valence-corrected chi connectivity index (χ2v) is 6.86. The summed E-state index contributed by atoms with van der Waals surface area (Å²) in [4.78, 5) is 12.1. The van der Waals surface area contributed by atoms with Crippen LogP contribution in [0.3, 0.4) is 0 Å². The molecule has 2 aromatic rings. The van der Waals surface area contributed by atoms with Crippen molar-refractivity contribution in [2.75, 3.05) is 5.32 Å². The Balaban J connectivity index is 1.95. The minimum absolute atomic E-state index is 0.0144. The Kier molecular flexibility index (Phi) is 4.38. The number of amides is 1. The summed E-state index contributed by atoms with van der Waals surface area (Å²) in [6, 6.07) is 9.70. The van der Waals surface area contributed by atoms with Crippen molar-refractivity contribution in [2.45, 2.75) is 37.7 Å². The van der Waals surface area contributed by atoms with Gasteiger partial charge in [-0.1, -0.05) is 31.5 Å². The number of para-hydroxylation sites is 1. The number of benzene rings is 1. The van der Waals surface area contributed by atoms with E-state index in [2.05, 4.69) is 17.3 Å². The number of aromatic nitrogens is 2. The highest BCUT2D eigenvalue weighted by molar-refractivity contribution is 7.83. The lowest BCUT2D eigenvalue weighted by Crippen LogP contribution is -2.16. The zero-order valence-corrected chi connectivity index (χ0v) is 13.4. The van der Waals surface area contributed by atoms with Crippen LogP contribution in [-0.4, -0.2) is 19.9 Å². The highest BCUT2D eigenvalue weighted by atomic mass is 32.2. The minimum Gasteiger partial charge on any atom is -0.310 e. The van der Waals surface area contributed by atoms with Gasteiger partial charge in [-0.05, 0) is 18.6 Å². The molecule has 1 aromatic carbocycles. The molecule has 22 heavy (non-hydrogen) atoms. The molecule has 6 heteroatoms. The predicted octanol–water partition coefficient (Wildman–Crippen LogP) is 2.76. The summed E-state index contributed by atoms with van der Waals surface area (Å²) in [5.74, 6) is 1.59. The van der Waals surface area contributed by atoms with Crippen molar-refractivity contribution in [3.05, 3.63) is 41.6 Å². The summed E-state index contributed by atoms with van der Waals surface area (Å²) in [6.07, 6.45) is 2.33. The number of anilines is 1. The largest absolute Gasteiger partial charge is 0.310 e. The quantitative estimate of drug-likeness (QED) is 0.922. The van der Waals surface area contributed by atoms with Gasteiger partial charge in [-0.15, -0.1) is 0 Å². The van der Waals surface area contributed by atoms with Gasteiger partial charge in [0.05, 0.1) is 22.9 Å². The number of nitrogens with zero attached hydrogens (tertiary/aromatic N) is 2. The Labute approximate surface area is 132 Å². The molecule has 3 rings (SSSR count). The molecule has 116 valence electrons. The van der Waals surface area contributed by atoms with E-state index < -0.39 is 10.8 Å². The molecule has 0 unspecified atom stereocenters. The third-order valence-electron chi connectivity index (χ3n) is 3.69. The fourth-order valence-electron chi connectivity index (χ4n) is 2.54. The van der Waals surface area contributed by atoms with Crippen molar-refractivity contribution in [2.24, 2.45) is 0 Å². The molecule has 1 N–H and O–H groups in total. The minimum atomic E-state index is -0.910. The third-order valence-corrected chi connectivity index (χ3v) is 4.89. The van der Waals surface area contributed by atoms with E-state index in [1.54, 1.807) is 4.68 Å². The Morgan fingerprint density at radius 2 is 2.09 bits per heavy atom. The average Bonchev–Trinajstić information content (AvgIpc) is 3.03. The van der Waals surface area contributed by atoms with E-state index in [4.69, 9.17) is 0 Å². The zero-order chi connectivity index (χ0) is 15.5. The lowest BCUT2D eigenvalue weighted by atomic mass is 10.2. The molecule has 2 heterocycles. The third kappa shape index (κ3) is 2.97. The first-order valence-electron chi connectivity index (χ1n) is 7.50. The predicted molar refractivity (Wildman–Crippen MR) is 87.3 cm³/mol. The summed E-state index contributed by atoms with van der Waals surface area (Å²) >= 11 is 0. The Hall–Kier alpha value is -1.95. The normalized spacial score (nSPS) is 16.5. The van der Waals surface area contributed by atoms with E-state index in [1.165, 1.54) is 0 Å². The van der Waals surface area contributed by atoms with Crippen LogP contribution in [0.25, 0.3) is 5.69 Å². The molecule has 1 aromatic heterocycles. The molecule has 0 spiro atoms. The number of unbranched alkanes of at least 4 members (excludes halogenated alkanes) is 1. The first-order valence-corrected chi connectivity index (χ1v) is 8.99. The van der Waals surface area contributed by atoms with Crippen molar-refractivity contribution in [3.8, 4) is 5.69 Å². The Bertz CT molecular complexity index is 710. The maximum Gasteiger partial charge on any atom is 0.225 e. The van der Waals surface area contributed by atoms with Crippen LogP contribution in [0.5, 0.6) is 0 Å². The van der Waals surface area contributed by atoms with Crippen LogP contribution in [0.15, 0.2) is 30.3 Å². The standard InChI is InChI=1S/C16H19N3O2S/c1-2-3-9-15(20)17-16-13-10-22(21)11-14(13)18-19(16)12-7-5-4-6-8-12/h4-8H,2-3,9-11H2,1H3,(H,17,20)/t22-/m1/s1. The van der Waals surface area contributed by atoms with Crippen LogP contribution >= 0.6 is 0 Å². The van der Waals surface area contributed by atoms with Gasteiger partial charge in [0.2, 0.25) is 5.91 Å². The van der Waals surface area contributed by atoms with Crippen molar-refractivity contribution >= 4 is 22.5 Å². The van der Waals surface area contributed by atoms with Crippen molar-refractivity contribution in [3.63, 3.8) is 0 Å². The summed E-state index contributed by atoms with van der Waals surface area (Å²) in [5, 5.41) is 7.53. The Morgan fingerprint density at radius 1 is 1.32 bits per heavy atom. The summed E-state index contributed by atoms with van der Waals surface area (Å²) in [6.45, 7) is 2.06.